The van der Waals surface area contributed by atoms with Gasteiger partial charge in [-0.15, -0.1) is 0 Å². The van der Waals surface area contributed by atoms with Crippen LogP contribution in [-0.4, -0.2) is 40.9 Å². The van der Waals surface area contributed by atoms with Crippen molar-refractivity contribution in [2.24, 2.45) is 0 Å². The van der Waals surface area contributed by atoms with Gasteiger partial charge in [-0.1, -0.05) is 55.5 Å². The largest absolute Gasteiger partial charge is 0.467 e. The predicted molar refractivity (Wildman–Crippen MR) is 131 cm³/mol. The molecule has 1 N–H and O–H groups in total. The fraction of sp³-hybridized carbons (Fsp3) is 0.333. The summed E-state index contributed by atoms with van der Waals surface area (Å²) in [4.78, 5) is 29.8. The highest BCUT2D eigenvalue weighted by atomic mass is 16.3. The lowest BCUT2D eigenvalue weighted by Gasteiger charge is -2.30. The van der Waals surface area contributed by atoms with Crippen molar-refractivity contribution in [3.05, 3.63) is 89.9 Å². The number of furan rings is 1. The minimum Gasteiger partial charge on any atom is -0.467 e. The zero-order chi connectivity index (χ0) is 23.6. The summed E-state index contributed by atoms with van der Waals surface area (Å²) < 4.78 is 5.48. The number of para-hydroxylation sites is 1. The second kappa shape index (κ2) is 11.9. The fourth-order valence-corrected chi connectivity index (χ4v) is 3.66. The molecule has 1 aromatic heterocycles. The third-order valence-electron chi connectivity index (χ3n) is 5.62. The highest BCUT2D eigenvalue weighted by Gasteiger charge is 2.24. The molecule has 0 spiro atoms. The summed E-state index contributed by atoms with van der Waals surface area (Å²) in [6.45, 7) is 6.78. The number of benzene rings is 2. The van der Waals surface area contributed by atoms with Gasteiger partial charge < -0.3 is 19.5 Å². The van der Waals surface area contributed by atoms with Crippen LogP contribution in [0, 0.1) is 0 Å². The van der Waals surface area contributed by atoms with Crippen LogP contribution in [0.4, 0.5) is 10.5 Å². The van der Waals surface area contributed by atoms with Crippen molar-refractivity contribution in [1.82, 2.24) is 9.80 Å². The number of anilines is 1. The topological polar surface area (TPSA) is 65.8 Å². The molecule has 3 rings (SSSR count). The van der Waals surface area contributed by atoms with E-state index in [9.17, 15) is 9.59 Å². The van der Waals surface area contributed by atoms with Crippen LogP contribution in [0.2, 0.25) is 0 Å². The molecular weight excluding hydrogens is 414 g/mol. The monoisotopic (exact) mass is 447 g/mol. The number of aryl methyl sites for hydroxylation is 1. The van der Waals surface area contributed by atoms with Gasteiger partial charge in [0.2, 0.25) is 5.91 Å². The zero-order valence-electron chi connectivity index (χ0n) is 19.7. The predicted octanol–water partition coefficient (Wildman–Crippen LogP) is 5.36. The van der Waals surface area contributed by atoms with E-state index in [0.29, 0.717) is 18.8 Å². The summed E-state index contributed by atoms with van der Waals surface area (Å²) in [5.41, 5.74) is 2.99. The van der Waals surface area contributed by atoms with Gasteiger partial charge in [0.1, 0.15) is 12.3 Å². The molecule has 33 heavy (non-hydrogen) atoms. The molecule has 0 unspecified atom stereocenters. The Hall–Kier alpha value is -3.54. The maximum absolute atomic E-state index is 13.3. The van der Waals surface area contributed by atoms with Crippen LogP contribution in [0.1, 0.15) is 37.7 Å². The van der Waals surface area contributed by atoms with Crippen molar-refractivity contribution in [2.45, 2.75) is 46.2 Å². The first-order chi connectivity index (χ1) is 16.0. The highest BCUT2D eigenvalue weighted by Crippen LogP contribution is 2.17. The third kappa shape index (κ3) is 6.97. The molecule has 1 heterocycles. The van der Waals surface area contributed by atoms with Gasteiger partial charge in [-0.05, 0) is 56.0 Å². The summed E-state index contributed by atoms with van der Waals surface area (Å²) in [5, 5.41) is 2.99. The quantitative estimate of drug-likeness (QED) is 0.455. The van der Waals surface area contributed by atoms with Crippen molar-refractivity contribution in [2.75, 3.05) is 18.4 Å². The number of urea groups is 1. The molecule has 2 aromatic carbocycles. The summed E-state index contributed by atoms with van der Waals surface area (Å²) in [5.74, 6) is 0.601. The van der Waals surface area contributed by atoms with E-state index in [0.717, 1.165) is 29.7 Å². The lowest BCUT2D eigenvalue weighted by atomic mass is 10.1. The molecule has 0 aliphatic carbocycles. The second-order valence-electron chi connectivity index (χ2n) is 8.29. The Morgan fingerprint density at radius 2 is 1.70 bits per heavy atom. The fourth-order valence-electron chi connectivity index (χ4n) is 3.66. The van der Waals surface area contributed by atoms with Crippen molar-refractivity contribution < 1.29 is 14.0 Å². The van der Waals surface area contributed by atoms with Crippen LogP contribution in [0.25, 0.3) is 0 Å². The Morgan fingerprint density at radius 1 is 0.970 bits per heavy atom. The van der Waals surface area contributed by atoms with E-state index >= 15 is 0 Å². The molecule has 6 nitrogen and oxygen atoms in total. The van der Waals surface area contributed by atoms with Crippen LogP contribution in [0.3, 0.4) is 0 Å². The lowest BCUT2D eigenvalue weighted by molar-refractivity contribution is -0.133. The average Bonchev–Trinajstić information content (AvgIpc) is 3.34. The first kappa shape index (κ1) is 24.1. The SMILES string of the molecule is CCc1ccccc1NC(=O)N(CC(=O)N(CCc1ccccc1)Cc1ccco1)C(C)C. The normalized spacial score (nSPS) is 10.8. The molecule has 3 aromatic rings. The van der Waals surface area contributed by atoms with E-state index in [1.165, 1.54) is 0 Å². The van der Waals surface area contributed by atoms with Gasteiger partial charge in [-0.3, -0.25) is 4.79 Å². The number of carbonyl (C=O) groups excluding carboxylic acids is 2. The minimum atomic E-state index is -0.278. The summed E-state index contributed by atoms with van der Waals surface area (Å²) >= 11 is 0. The molecule has 6 heteroatoms. The third-order valence-corrected chi connectivity index (χ3v) is 5.62. The molecule has 0 aliphatic heterocycles. The maximum Gasteiger partial charge on any atom is 0.322 e. The first-order valence-corrected chi connectivity index (χ1v) is 11.5. The number of amides is 3. The van der Waals surface area contributed by atoms with E-state index in [1.807, 2.05) is 75.4 Å². The van der Waals surface area contributed by atoms with E-state index in [2.05, 4.69) is 17.4 Å². The van der Waals surface area contributed by atoms with Crippen LogP contribution in [0.15, 0.2) is 77.4 Å². The Labute approximate surface area is 196 Å². The van der Waals surface area contributed by atoms with E-state index in [1.54, 1.807) is 16.1 Å². The molecule has 0 fully saturated rings. The smallest absolute Gasteiger partial charge is 0.322 e. The minimum absolute atomic E-state index is 0.00666. The van der Waals surface area contributed by atoms with E-state index < -0.39 is 0 Å². The number of nitrogens with zero attached hydrogens (tertiary/aromatic N) is 2. The van der Waals surface area contributed by atoms with Crippen LogP contribution in [0.5, 0.6) is 0 Å². The van der Waals surface area contributed by atoms with Crippen LogP contribution >= 0.6 is 0 Å². The summed E-state index contributed by atoms with van der Waals surface area (Å²) in [6, 6.07) is 21.1. The molecule has 0 radical (unpaired) electrons. The zero-order valence-corrected chi connectivity index (χ0v) is 19.7. The number of hydrogen-bond acceptors (Lipinski definition) is 3. The van der Waals surface area contributed by atoms with Gasteiger partial charge in [0.25, 0.3) is 0 Å². The summed E-state index contributed by atoms with van der Waals surface area (Å²) in [7, 11) is 0. The van der Waals surface area contributed by atoms with E-state index in [4.69, 9.17) is 4.42 Å². The van der Waals surface area contributed by atoms with Gasteiger partial charge in [0, 0.05) is 18.3 Å². The number of hydrogen-bond donors (Lipinski definition) is 1. The van der Waals surface area contributed by atoms with Gasteiger partial charge >= 0.3 is 6.03 Å². The molecule has 3 amide bonds. The highest BCUT2D eigenvalue weighted by molar-refractivity contribution is 5.93. The van der Waals surface area contributed by atoms with Gasteiger partial charge in [0.05, 0.1) is 12.8 Å². The average molecular weight is 448 g/mol. The Balaban J connectivity index is 1.71. The Bertz CT molecular complexity index is 1020. The molecule has 0 saturated heterocycles. The first-order valence-electron chi connectivity index (χ1n) is 11.5. The number of carbonyl (C=O) groups is 2. The van der Waals surface area contributed by atoms with Crippen molar-refractivity contribution >= 4 is 17.6 Å². The Morgan fingerprint density at radius 3 is 2.36 bits per heavy atom. The second-order valence-corrected chi connectivity index (χ2v) is 8.29. The van der Waals surface area contributed by atoms with Crippen LogP contribution < -0.4 is 5.32 Å². The maximum atomic E-state index is 13.3. The number of rotatable bonds is 10. The van der Waals surface area contributed by atoms with Gasteiger partial charge in [-0.2, -0.15) is 0 Å². The van der Waals surface area contributed by atoms with Gasteiger partial charge in [0.15, 0.2) is 0 Å². The van der Waals surface area contributed by atoms with Crippen LogP contribution in [-0.2, 0) is 24.2 Å². The van der Waals surface area contributed by atoms with E-state index in [-0.39, 0.29) is 24.5 Å². The molecule has 174 valence electrons. The van der Waals surface area contributed by atoms with Gasteiger partial charge in [-0.25, -0.2) is 4.79 Å². The molecule has 0 bridgehead atoms. The lowest BCUT2D eigenvalue weighted by Crippen LogP contribution is -2.47. The number of nitrogens with one attached hydrogen (secondary N) is 1. The Kier molecular flexibility index (Phi) is 8.70. The molecule has 0 atom stereocenters. The standard InChI is InChI=1S/C27H33N3O3/c1-4-23-13-8-9-15-25(23)28-27(32)30(21(2)3)20-26(31)29(19-24-14-10-18-33-24)17-16-22-11-6-5-7-12-22/h5-15,18,21H,4,16-17,19-20H2,1-3H3,(H,28,32). The molecule has 0 saturated carbocycles. The van der Waals surface area contributed by atoms with Crippen molar-refractivity contribution in [3.8, 4) is 0 Å². The van der Waals surface area contributed by atoms with Crippen molar-refractivity contribution in [3.63, 3.8) is 0 Å². The van der Waals surface area contributed by atoms with Crippen molar-refractivity contribution in [1.29, 1.82) is 0 Å². The summed E-state index contributed by atoms with van der Waals surface area (Å²) in [6.07, 6.45) is 3.15. The molecule has 0 aliphatic rings. The molecular formula is C27H33N3O3.